The van der Waals surface area contributed by atoms with E-state index < -0.39 is 0 Å². The highest BCUT2D eigenvalue weighted by atomic mass is 16.5. The van der Waals surface area contributed by atoms with Gasteiger partial charge in [0.15, 0.2) is 0 Å². The van der Waals surface area contributed by atoms with Crippen LogP contribution in [0.1, 0.15) is 41.2 Å². The molecule has 5 rings (SSSR count). The van der Waals surface area contributed by atoms with E-state index in [0.717, 1.165) is 54.9 Å². The summed E-state index contributed by atoms with van der Waals surface area (Å²) in [4.78, 5) is 15.9. The number of hydrogen-bond acceptors (Lipinski definition) is 5. The highest BCUT2D eigenvalue weighted by molar-refractivity contribution is 6.00. The molecule has 1 atom stereocenters. The van der Waals surface area contributed by atoms with Crippen molar-refractivity contribution in [2.45, 2.75) is 37.5 Å². The van der Waals surface area contributed by atoms with Gasteiger partial charge in [-0.25, -0.2) is 0 Å². The molecule has 2 aliphatic rings. The summed E-state index contributed by atoms with van der Waals surface area (Å²) in [7, 11) is 2.14. The predicted molar refractivity (Wildman–Crippen MR) is 126 cm³/mol. The molecule has 2 N–H and O–H groups in total. The number of ether oxygens (including phenoxy) is 1. The van der Waals surface area contributed by atoms with Crippen LogP contribution in [-0.2, 0) is 6.54 Å². The minimum atomic E-state index is -0.262. The fourth-order valence-corrected chi connectivity index (χ4v) is 5.03. The second kappa shape index (κ2) is 9.00. The average Bonchev–Trinajstić information content (AvgIpc) is 3.26. The van der Waals surface area contributed by atoms with Gasteiger partial charge in [-0.2, -0.15) is 5.10 Å². The summed E-state index contributed by atoms with van der Waals surface area (Å²) < 4.78 is 8.23. The third-order valence-electron chi connectivity index (χ3n) is 6.84. The largest absolute Gasteiger partial charge is 0.487 e. The summed E-state index contributed by atoms with van der Waals surface area (Å²) in [6.45, 7) is 2.24. The standard InChI is InChI=1S/C26H30N4O3/c1-29-13-11-26(12-14-29)17-22(20-9-5-6-10-23(20)33-26)28-25(32)21-18-27-30(15-16-31)24(21)19-7-3-2-4-8-19/h2-10,18,22,31H,11-17H2,1H3,(H,28,32). The lowest BCUT2D eigenvalue weighted by Gasteiger charge is -2.46. The molecule has 1 saturated heterocycles. The molecule has 3 heterocycles. The molecule has 7 nitrogen and oxygen atoms in total. The number of rotatable bonds is 5. The Morgan fingerprint density at radius 2 is 1.88 bits per heavy atom. The zero-order valence-corrected chi connectivity index (χ0v) is 18.9. The zero-order chi connectivity index (χ0) is 22.8. The molecule has 0 radical (unpaired) electrons. The second-order valence-electron chi connectivity index (χ2n) is 9.08. The van der Waals surface area contributed by atoms with Gasteiger partial charge < -0.3 is 20.1 Å². The van der Waals surface area contributed by atoms with Crippen LogP contribution in [0.5, 0.6) is 5.75 Å². The van der Waals surface area contributed by atoms with E-state index in [9.17, 15) is 9.90 Å². The first kappa shape index (κ1) is 21.7. The number of nitrogens with one attached hydrogen (secondary N) is 1. The minimum Gasteiger partial charge on any atom is -0.487 e. The molecular weight excluding hydrogens is 416 g/mol. The molecule has 33 heavy (non-hydrogen) atoms. The zero-order valence-electron chi connectivity index (χ0n) is 18.9. The van der Waals surface area contributed by atoms with Crippen molar-refractivity contribution in [3.8, 4) is 17.0 Å². The van der Waals surface area contributed by atoms with Gasteiger partial charge in [-0.15, -0.1) is 0 Å². The van der Waals surface area contributed by atoms with Gasteiger partial charge in [-0.1, -0.05) is 48.5 Å². The highest BCUT2D eigenvalue weighted by Gasteiger charge is 2.43. The molecule has 0 aliphatic carbocycles. The normalized spacial score (nSPS) is 19.6. The number of para-hydroxylation sites is 1. The van der Waals surface area contributed by atoms with Crippen molar-refractivity contribution in [1.82, 2.24) is 20.0 Å². The van der Waals surface area contributed by atoms with Gasteiger partial charge in [-0.3, -0.25) is 9.48 Å². The fourth-order valence-electron chi connectivity index (χ4n) is 5.03. The van der Waals surface area contributed by atoms with Gasteiger partial charge in [0.25, 0.3) is 5.91 Å². The topological polar surface area (TPSA) is 79.6 Å². The maximum absolute atomic E-state index is 13.6. The minimum absolute atomic E-state index is 0.0487. The third-order valence-corrected chi connectivity index (χ3v) is 6.84. The van der Waals surface area contributed by atoms with Crippen molar-refractivity contribution in [3.05, 3.63) is 71.9 Å². The number of carbonyl (C=O) groups excluding carboxylic acids is 1. The molecule has 2 aliphatic heterocycles. The van der Waals surface area contributed by atoms with Crippen LogP contribution in [0.4, 0.5) is 0 Å². The quantitative estimate of drug-likeness (QED) is 0.629. The number of nitrogens with zero attached hydrogens (tertiary/aromatic N) is 3. The maximum Gasteiger partial charge on any atom is 0.255 e. The molecule has 1 unspecified atom stereocenters. The molecular formula is C26H30N4O3. The Kier molecular flexibility index (Phi) is 5.91. The van der Waals surface area contributed by atoms with Crippen LogP contribution in [0, 0.1) is 0 Å². The average molecular weight is 447 g/mol. The number of benzene rings is 2. The maximum atomic E-state index is 13.6. The Hall–Kier alpha value is -3.16. The van der Waals surface area contributed by atoms with Crippen LogP contribution in [0.15, 0.2) is 60.8 Å². The van der Waals surface area contributed by atoms with Crippen LogP contribution in [0.3, 0.4) is 0 Å². The van der Waals surface area contributed by atoms with E-state index in [1.54, 1.807) is 10.9 Å². The number of aliphatic hydroxyl groups excluding tert-OH is 1. The Labute approximate surface area is 194 Å². The number of aliphatic hydroxyl groups is 1. The second-order valence-corrected chi connectivity index (χ2v) is 9.08. The summed E-state index contributed by atoms with van der Waals surface area (Å²) in [5.41, 5.74) is 2.88. The van der Waals surface area contributed by atoms with Gasteiger partial charge in [-0.05, 0) is 26.0 Å². The Bertz CT molecular complexity index is 1120. The van der Waals surface area contributed by atoms with Crippen molar-refractivity contribution in [2.24, 2.45) is 0 Å². The summed E-state index contributed by atoms with van der Waals surface area (Å²) >= 11 is 0. The van der Waals surface area contributed by atoms with Crippen molar-refractivity contribution >= 4 is 5.91 Å². The fraction of sp³-hybridized carbons (Fsp3) is 0.385. The summed E-state index contributed by atoms with van der Waals surface area (Å²) in [5, 5.41) is 17.2. The van der Waals surface area contributed by atoms with Crippen molar-refractivity contribution in [1.29, 1.82) is 0 Å². The number of carbonyl (C=O) groups is 1. The van der Waals surface area contributed by atoms with Crippen LogP contribution in [0.25, 0.3) is 11.3 Å². The lowest BCUT2D eigenvalue weighted by Crippen LogP contribution is -2.51. The van der Waals surface area contributed by atoms with Crippen molar-refractivity contribution < 1.29 is 14.6 Å². The van der Waals surface area contributed by atoms with Gasteiger partial charge in [0.1, 0.15) is 11.4 Å². The summed E-state index contributed by atoms with van der Waals surface area (Å²) in [6.07, 6.45) is 4.22. The van der Waals surface area contributed by atoms with Crippen molar-refractivity contribution in [2.75, 3.05) is 26.7 Å². The number of piperidine rings is 1. The number of amides is 1. The number of hydrogen-bond donors (Lipinski definition) is 2. The molecule has 1 spiro atoms. The van der Waals surface area contributed by atoms with E-state index in [-0.39, 0.29) is 24.2 Å². The van der Waals surface area contributed by atoms with Crippen LogP contribution >= 0.6 is 0 Å². The molecule has 7 heteroatoms. The van der Waals surface area contributed by atoms with Crippen molar-refractivity contribution in [3.63, 3.8) is 0 Å². The van der Waals surface area contributed by atoms with E-state index in [4.69, 9.17) is 4.74 Å². The van der Waals surface area contributed by atoms with Gasteiger partial charge in [0.05, 0.1) is 36.6 Å². The molecule has 172 valence electrons. The lowest BCUT2D eigenvalue weighted by molar-refractivity contribution is -0.0195. The van der Waals surface area contributed by atoms with E-state index >= 15 is 0 Å². The molecule has 0 saturated carbocycles. The van der Waals surface area contributed by atoms with Gasteiger partial charge in [0, 0.05) is 30.6 Å². The van der Waals surface area contributed by atoms with Crippen LogP contribution in [-0.4, -0.2) is 58.0 Å². The lowest BCUT2D eigenvalue weighted by atomic mass is 9.80. The van der Waals surface area contributed by atoms with E-state index in [2.05, 4.69) is 22.4 Å². The van der Waals surface area contributed by atoms with E-state index in [0.29, 0.717) is 12.1 Å². The smallest absolute Gasteiger partial charge is 0.255 e. The van der Waals surface area contributed by atoms with Crippen LogP contribution in [0.2, 0.25) is 0 Å². The molecule has 3 aromatic rings. The first-order valence-electron chi connectivity index (χ1n) is 11.6. The predicted octanol–water partition coefficient (Wildman–Crippen LogP) is 3.26. The molecule has 1 amide bonds. The van der Waals surface area contributed by atoms with Gasteiger partial charge in [0.2, 0.25) is 0 Å². The third kappa shape index (κ3) is 4.26. The van der Waals surface area contributed by atoms with Crippen LogP contribution < -0.4 is 10.1 Å². The Balaban J connectivity index is 1.46. The SMILES string of the molecule is CN1CCC2(CC1)CC(NC(=O)c1cnn(CCO)c1-c1ccccc1)c1ccccc1O2. The monoisotopic (exact) mass is 446 g/mol. The Morgan fingerprint density at radius 3 is 2.64 bits per heavy atom. The molecule has 0 bridgehead atoms. The van der Waals surface area contributed by atoms with Gasteiger partial charge >= 0.3 is 0 Å². The first-order chi connectivity index (χ1) is 16.1. The van der Waals surface area contributed by atoms with E-state index in [1.807, 2.05) is 54.6 Å². The first-order valence-corrected chi connectivity index (χ1v) is 11.6. The molecule has 1 aromatic heterocycles. The number of fused-ring (bicyclic) bond motifs is 1. The summed E-state index contributed by atoms with van der Waals surface area (Å²) in [5.74, 6) is 0.695. The Morgan fingerprint density at radius 1 is 1.15 bits per heavy atom. The number of likely N-dealkylation sites (tertiary alicyclic amines) is 1. The molecule has 1 fully saturated rings. The highest BCUT2D eigenvalue weighted by Crippen LogP contribution is 2.44. The number of aromatic nitrogens is 2. The molecule has 2 aromatic carbocycles. The van der Waals surface area contributed by atoms with E-state index in [1.165, 1.54) is 0 Å². The summed E-state index contributed by atoms with van der Waals surface area (Å²) in [6, 6.07) is 17.6.